The van der Waals surface area contributed by atoms with Crippen molar-refractivity contribution < 1.29 is 19.0 Å². The van der Waals surface area contributed by atoms with Gasteiger partial charge >= 0.3 is 5.97 Å². The highest BCUT2D eigenvalue weighted by atomic mass is 16.5. The number of ether oxygens (including phenoxy) is 3. The third-order valence-electron chi connectivity index (χ3n) is 5.33. The van der Waals surface area contributed by atoms with Gasteiger partial charge in [0.25, 0.3) is 0 Å². The highest BCUT2D eigenvalue weighted by Crippen LogP contribution is 2.26. The summed E-state index contributed by atoms with van der Waals surface area (Å²) >= 11 is 0. The highest BCUT2D eigenvalue weighted by molar-refractivity contribution is 5.84. The van der Waals surface area contributed by atoms with Crippen LogP contribution in [-0.2, 0) is 22.6 Å². The molecule has 0 radical (unpaired) electrons. The van der Waals surface area contributed by atoms with Gasteiger partial charge in [0.15, 0.2) is 0 Å². The van der Waals surface area contributed by atoms with Gasteiger partial charge < -0.3 is 24.5 Å². The van der Waals surface area contributed by atoms with Gasteiger partial charge in [-0.15, -0.1) is 0 Å². The molecule has 4 rings (SSSR count). The molecule has 0 amide bonds. The Morgan fingerprint density at radius 1 is 0.909 bits per heavy atom. The van der Waals surface area contributed by atoms with Crippen molar-refractivity contribution in [3.63, 3.8) is 0 Å². The zero-order chi connectivity index (χ0) is 22.9. The van der Waals surface area contributed by atoms with Crippen LogP contribution in [0.15, 0.2) is 79.0 Å². The first-order chi connectivity index (χ1) is 16.2. The zero-order valence-corrected chi connectivity index (χ0v) is 18.7. The Morgan fingerprint density at radius 2 is 1.76 bits per heavy atom. The van der Waals surface area contributed by atoms with E-state index < -0.39 is 0 Å². The van der Waals surface area contributed by atoms with E-state index in [1.54, 1.807) is 0 Å². The molecule has 4 aromatic rings. The first kappa shape index (κ1) is 22.4. The number of aromatic amines is 1. The predicted octanol–water partition coefficient (Wildman–Crippen LogP) is 5.23. The van der Waals surface area contributed by atoms with Crippen LogP contribution in [0.4, 0.5) is 0 Å². The predicted molar refractivity (Wildman–Crippen MR) is 129 cm³/mol. The SMILES string of the molecule is COC(=O)CCNCCc1c[nH]c2ccc(OCc3cccc(Oc4ccccc4)c3)cc12. The van der Waals surface area contributed by atoms with E-state index in [1.807, 2.05) is 72.9 Å². The minimum atomic E-state index is -0.200. The van der Waals surface area contributed by atoms with E-state index in [1.165, 1.54) is 12.7 Å². The third-order valence-corrected chi connectivity index (χ3v) is 5.33. The van der Waals surface area contributed by atoms with Crippen LogP contribution >= 0.6 is 0 Å². The normalized spacial score (nSPS) is 10.8. The molecule has 33 heavy (non-hydrogen) atoms. The fourth-order valence-electron chi connectivity index (χ4n) is 3.58. The van der Waals surface area contributed by atoms with E-state index in [9.17, 15) is 4.79 Å². The molecule has 0 saturated carbocycles. The molecule has 0 aliphatic rings. The molecule has 2 N–H and O–H groups in total. The van der Waals surface area contributed by atoms with E-state index >= 15 is 0 Å². The van der Waals surface area contributed by atoms with E-state index in [4.69, 9.17) is 9.47 Å². The van der Waals surface area contributed by atoms with Gasteiger partial charge in [-0.3, -0.25) is 4.79 Å². The van der Waals surface area contributed by atoms with Crippen LogP contribution in [0.3, 0.4) is 0 Å². The molecule has 6 nitrogen and oxygen atoms in total. The molecule has 3 aromatic carbocycles. The van der Waals surface area contributed by atoms with E-state index in [2.05, 4.69) is 21.1 Å². The minimum Gasteiger partial charge on any atom is -0.489 e. The molecule has 170 valence electrons. The Balaban J connectivity index is 1.34. The van der Waals surface area contributed by atoms with E-state index in [0.29, 0.717) is 19.6 Å². The van der Waals surface area contributed by atoms with Gasteiger partial charge in [0, 0.05) is 23.6 Å². The summed E-state index contributed by atoms with van der Waals surface area (Å²) in [5.74, 6) is 2.20. The molecule has 0 unspecified atom stereocenters. The number of esters is 1. The largest absolute Gasteiger partial charge is 0.489 e. The molecule has 0 aliphatic carbocycles. The summed E-state index contributed by atoms with van der Waals surface area (Å²) in [6.07, 6.45) is 3.25. The van der Waals surface area contributed by atoms with Crippen molar-refractivity contribution in [3.8, 4) is 17.2 Å². The topological polar surface area (TPSA) is 72.6 Å². The maximum atomic E-state index is 11.2. The number of carbonyl (C=O) groups excluding carboxylic acids is 1. The summed E-state index contributed by atoms with van der Waals surface area (Å²) in [5, 5.41) is 4.42. The smallest absolute Gasteiger partial charge is 0.306 e. The quantitative estimate of drug-likeness (QED) is 0.245. The Hall–Kier alpha value is -3.77. The zero-order valence-electron chi connectivity index (χ0n) is 18.7. The molecule has 1 heterocycles. The fraction of sp³-hybridized carbons (Fsp3) is 0.222. The minimum absolute atomic E-state index is 0.200. The van der Waals surface area contributed by atoms with Crippen LogP contribution in [0, 0.1) is 0 Å². The van der Waals surface area contributed by atoms with Crippen molar-refractivity contribution in [2.24, 2.45) is 0 Å². The maximum absolute atomic E-state index is 11.2. The number of hydrogen-bond acceptors (Lipinski definition) is 5. The number of aromatic nitrogens is 1. The number of fused-ring (bicyclic) bond motifs is 1. The number of rotatable bonds is 11. The number of para-hydroxylation sites is 1. The Labute approximate surface area is 193 Å². The monoisotopic (exact) mass is 444 g/mol. The number of methoxy groups -OCH3 is 1. The lowest BCUT2D eigenvalue weighted by molar-refractivity contribution is -0.140. The van der Waals surface area contributed by atoms with Crippen molar-refractivity contribution in [1.82, 2.24) is 10.3 Å². The van der Waals surface area contributed by atoms with Crippen LogP contribution in [0.2, 0.25) is 0 Å². The van der Waals surface area contributed by atoms with E-state index in [0.717, 1.165) is 46.7 Å². The van der Waals surface area contributed by atoms with Crippen molar-refractivity contribution in [1.29, 1.82) is 0 Å². The van der Waals surface area contributed by atoms with Crippen molar-refractivity contribution in [3.05, 3.63) is 90.1 Å². The second-order valence-corrected chi connectivity index (χ2v) is 7.70. The molecule has 0 saturated heterocycles. The summed E-state index contributed by atoms with van der Waals surface area (Å²) in [7, 11) is 1.41. The summed E-state index contributed by atoms with van der Waals surface area (Å²) in [5.41, 5.74) is 3.32. The lowest BCUT2D eigenvalue weighted by atomic mass is 10.1. The van der Waals surface area contributed by atoms with Crippen molar-refractivity contribution in [2.45, 2.75) is 19.4 Å². The number of hydrogen-bond donors (Lipinski definition) is 2. The molecule has 6 heteroatoms. The molecule has 0 bridgehead atoms. The van der Waals surface area contributed by atoms with Gasteiger partial charge in [0.2, 0.25) is 0 Å². The van der Waals surface area contributed by atoms with Gasteiger partial charge in [-0.1, -0.05) is 30.3 Å². The molecule has 0 spiro atoms. The van der Waals surface area contributed by atoms with Crippen LogP contribution in [0.25, 0.3) is 10.9 Å². The molecule has 1 aromatic heterocycles. The second kappa shape index (κ2) is 11.2. The standard InChI is InChI=1S/C27H28N2O4/c1-31-27(30)13-15-28-14-12-21-18-29-26-11-10-23(17-25(21)26)32-19-20-6-5-9-24(16-20)33-22-7-3-2-4-8-22/h2-11,16-18,28-29H,12-15,19H2,1H3. The van der Waals surface area contributed by atoms with Crippen LogP contribution < -0.4 is 14.8 Å². The summed E-state index contributed by atoms with van der Waals surface area (Å²) in [6.45, 7) is 1.84. The Morgan fingerprint density at radius 3 is 2.61 bits per heavy atom. The lowest BCUT2D eigenvalue weighted by Crippen LogP contribution is -2.21. The van der Waals surface area contributed by atoms with E-state index in [-0.39, 0.29) is 5.97 Å². The Kier molecular flexibility index (Phi) is 7.61. The number of H-pyrrole nitrogens is 1. The molecular weight excluding hydrogens is 416 g/mol. The van der Waals surface area contributed by atoms with Gasteiger partial charge in [-0.25, -0.2) is 0 Å². The van der Waals surface area contributed by atoms with Gasteiger partial charge in [-0.05, 0) is 66.6 Å². The van der Waals surface area contributed by atoms with Gasteiger partial charge in [0.05, 0.1) is 13.5 Å². The summed E-state index contributed by atoms with van der Waals surface area (Å²) in [4.78, 5) is 14.5. The van der Waals surface area contributed by atoms with Crippen molar-refractivity contribution in [2.75, 3.05) is 20.2 Å². The maximum Gasteiger partial charge on any atom is 0.306 e. The van der Waals surface area contributed by atoms with Crippen molar-refractivity contribution >= 4 is 16.9 Å². The molecule has 0 aliphatic heterocycles. The fourth-order valence-corrected chi connectivity index (χ4v) is 3.58. The van der Waals surface area contributed by atoms with Crippen LogP contribution in [0.5, 0.6) is 17.2 Å². The average Bonchev–Trinajstić information content (AvgIpc) is 3.25. The second-order valence-electron chi connectivity index (χ2n) is 7.70. The summed E-state index contributed by atoms with van der Waals surface area (Å²) < 4.78 is 16.6. The summed E-state index contributed by atoms with van der Waals surface area (Å²) in [6, 6.07) is 23.7. The van der Waals surface area contributed by atoms with Crippen LogP contribution in [0.1, 0.15) is 17.5 Å². The molecule has 0 atom stereocenters. The molecule has 0 fully saturated rings. The molecular formula is C27H28N2O4. The number of carbonyl (C=O) groups is 1. The van der Waals surface area contributed by atoms with Gasteiger partial charge in [0.1, 0.15) is 23.9 Å². The third kappa shape index (κ3) is 6.37. The number of nitrogens with one attached hydrogen (secondary N) is 2. The highest BCUT2D eigenvalue weighted by Gasteiger charge is 2.07. The first-order valence-electron chi connectivity index (χ1n) is 11.0. The lowest BCUT2D eigenvalue weighted by Gasteiger charge is -2.10. The first-order valence-corrected chi connectivity index (χ1v) is 11.0. The van der Waals surface area contributed by atoms with Crippen LogP contribution in [-0.4, -0.2) is 31.2 Å². The number of benzene rings is 3. The average molecular weight is 445 g/mol. The van der Waals surface area contributed by atoms with Gasteiger partial charge in [-0.2, -0.15) is 0 Å². The Bertz CT molecular complexity index is 1190.